The van der Waals surface area contributed by atoms with Crippen LogP contribution in [0.4, 0.5) is 0 Å². The molecule has 0 radical (unpaired) electrons. The summed E-state index contributed by atoms with van der Waals surface area (Å²) < 4.78 is 16.6. The lowest BCUT2D eigenvalue weighted by atomic mass is 10.0. The van der Waals surface area contributed by atoms with Gasteiger partial charge in [-0.15, -0.1) is 0 Å². The second-order valence-corrected chi connectivity index (χ2v) is 18.9. The van der Waals surface area contributed by atoms with E-state index in [4.69, 9.17) is 14.2 Å². The van der Waals surface area contributed by atoms with Crippen LogP contribution in [0.1, 0.15) is 310 Å². The van der Waals surface area contributed by atoms with Crippen LogP contribution in [0, 0.1) is 0 Å². The fourth-order valence-electron chi connectivity index (χ4n) is 8.32. The van der Waals surface area contributed by atoms with Crippen molar-refractivity contribution in [1.29, 1.82) is 0 Å². The zero-order valence-electron chi connectivity index (χ0n) is 41.9. The van der Waals surface area contributed by atoms with Crippen LogP contribution >= 0.6 is 0 Å². The molecule has 0 aliphatic heterocycles. The van der Waals surface area contributed by atoms with Crippen molar-refractivity contribution >= 4 is 17.9 Å². The first-order chi connectivity index (χ1) is 30.5. The number of ether oxygens (including phenoxy) is 3. The Labute approximate surface area is 386 Å². The molecule has 6 nitrogen and oxygen atoms in total. The molecule has 0 rings (SSSR count). The smallest absolute Gasteiger partial charge is 0.306 e. The first kappa shape index (κ1) is 60.2. The first-order valence-corrected chi connectivity index (χ1v) is 27.7. The summed E-state index contributed by atoms with van der Waals surface area (Å²) >= 11 is 0. The van der Waals surface area contributed by atoms with Crippen LogP contribution in [-0.4, -0.2) is 37.2 Å². The van der Waals surface area contributed by atoms with Gasteiger partial charge in [0.1, 0.15) is 13.2 Å². The van der Waals surface area contributed by atoms with Crippen LogP contribution in [0.25, 0.3) is 0 Å². The molecular formula is C56H106O6. The SMILES string of the molecule is CCCCCCCCCC/C=C\CCCCCCCCCCCCCCCCCCCCCC(=O)OCC(COC(=O)CCCCCCC)OC(=O)CCCCCCCCCC. The minimum atomic E-state index is -0.758. The summed E-state index contributed by atoms with van der Waals surface area (Å²) in [5.41, 5.74) is 0. The number of carbonyl (C=O) groups excluding carboxylic acids is 3. The summed E-state index contributed by atoms with van der Waals surface area (Å²) in [6.45, 7) is 6.55. The second-order valence-electron chi connectivity index (χ2n) is 18.9. The monoisotopic (exact) mass is 875 g/mol. The van der Waals surface area contributed by atoms with E-state index >= 15 is 0 Å². The fraction of sp³-hybridized carbons (Fsp3) is 0.911. The third-order valence-electron chi connectivity index (χ3n) is 12.5. The molecule has 0 amide bonds. The van der Waals surface area contributed by atoms with Gasteiger partial charge in [-0.25, -0.2) is 0 Å². The minimum absolute atomic E-state index is 0.0656. The van der Waals surface area contributed by atoms with Crippen molar-refractivity contribution in [3.05, 3.63) is 12.2 Å². The van der Waals surface area contributed by atoms with Gasteiger partial charge in [-0.2, -0.15) is 0 Å². The molecule has 1 atom stereocenters. The van der Waals surface area contributed by atoms with Crippen molar-refractivity contribution in [2.24, 2.45) is 0 Å². The minimum Gasteiger partial charge on any atom is -0.462 e. The number of hydrogen-bond acceptors (Lipinski definition) is 6. The Kier molecular flexibility index (Phi) is 50.2. The Bertz CT molecular complexity index is 962. The Morgan fingerprint density at radius 1 is 0.306 bits per heavy atom. The van der Waals surface area contributed by atoms with Gasteiger partial charge < -0.3 is 14.2 Å². The van der Waals surface area contributed by atoms with Crippen LogP contribution < -0.4 is 0 Å². The highest BCUT2D eigenvalue weighted by atomic mass is 16.6. The quantitative estimate of drug-likeness (QED) is 0.0262. The van der Waals surface area contributed by atoms with Crippen LogP contribution in [-0.2, 0) is 28.6 Å². The molecule has 0 bridgehead atoms. The van der Waals surface area contributed by atoms with Gasteiger partial charge in [0.25, 0.3) is 0 Å². The van der Waals surface area contributed by atoms with Crippen molar-refractivity contribution < 1.29 is 28.6 Å². The Morgan fingerprint density at radius 3 is 0.806 bits per heavy atom. The fourth-order valence-corrected chi connectivity index (χ4v) is 8.32. The Hall–Kier alpha value is -1.85. The molecule has 0 heterocycles. The molecule has 0 N–H and O–H groups in total. The molecule has 0 fully saturated rings. The number of esters is 3. The van der Waals surface area contributed by atoms with Crippen molar-refractivity contribution in [2.45, 2.75) is 316 Å². The second kappa shape index (κ2) is 51.8. The van der Waals surface area contributed by atoms with Gasteiger partial charge >= 0.3 is 17.9 Å². The summed E-state index contributed by atoms with van der Waals surface area (Å²) in [4.78, 5) is 37.5. The number of allylic oxidation sites excluding steroid dienone is 2. The number of rotatable bonds is 51. The lowest BCUT2D eigenvalue weighted by molar-refractivity contribution is -0.167. The summed E-state index contributed by atoms with van der Waals surface area (Å²) in [5, 5.41) is 0. The van der Waals surface area contributed by atoms with Crippen molar-refractivity contribution in [3.63, 3.8) is 0 Å². The van der Waals surface area contributed by atoms with E-state index in [1.54, 1.807) is 0 Å². The average molecular weight is 875 g/mol. The molecule has 366 valence electrons. The molecule has 0 aromatic carbocycles. The molecule has 0 spiro atoms. The maximum atomic E-state index is 12.6. The molecule has 0 aliphatic rings. The van der Waals surface area contributed by atoms with E-state index in [1.165, 1.54) is 205 Å². The molecule has 0 saturated heterocycles. The van der Waals surface area contributed by atoms with E-state index in [2.05, 4.69) is 32.9 Å². The first-order valence-electron chi connectivity index (χ1n) is 27.7. The molecule has 0 saturated carbocycles. The maximum absolute atomic E-state index is 12.6. The van der Waals surface area contributed by atoms with Crippen LogP contribution in [0.3, 0.4) is 0 Å². The summed E-state index contributed by atoms with van der Waals surface area (Å²) in [7, 11) is 0. The average Bonchev–Trinajstić information content (AvgIpc) is 3.27. The van der Waals surface area contributed by atoms with Crippen LogP contribution in [0.5, 0.6) is 0 Å². The van der Waals surface area contributed by atoms with E-state index in [0.29, 0.717) is 19.3 Å². The van der Waals surface area contributed by atoms with E-state index in [-0.39, 0.29) is 31.1 Å². The highest BCUT2D eigenvalue weighted by Gasteiger charge is 2.19. The summed E-state index contributed by atoms with van der Waals surface area (Å²) in [6.07, 6.45) is 58.6. The number of carbonyl (C=O) groups is 3. The Morgan fingerprint density at radius 2 is 0.532 bits per heavy atom. The van der Waals surface area contributed by atoms with Crippen LogP contribution in [0.2, 0.25) is 0 Å². The molecule has 0 aromatic heterocycles. The lowest BCUT2D eigenvalue weighted by Crippen LogP contribution is -2.30. The van der Waals surface area contributed by atoms with E-state index in [0.717, 1.165) is 64.2 Å². The zero-order valence-corrected chi connectivity index (χ0v) is 41.9. The van der Waals surface area contributed by atoms with Crippen molar-refractivity contribution in [2.75, 3.05) is 13.2 Å². The van der Waals surface area contributed by atoms with E-state index < -0.39 is 6.10 Å². The molecule has 6 heteroatoms. The zero-order chi connectivity index (χ0) is 45.1. The Balaban J connectivity index is 3.79. The van der Waals surface area contributed by atoms with Gasteiger partial charge in [-0.05, 0) is 44.9 Å². The van der Waals surface area contributed by atoms with Gasteiger partial charge in [-0.1, -0.05) is 258 Å². The summed E-state index contributed by atoms with van der Waals surface area (Å²) in [6, 6.07) is 0. The van der Waals surface area contributed by atoms with Gasteiger partial charge in [0.15, 0.2) is 6.10 Å². The number of unbranched alkanes of at least 4 members (excludes halogenated alkanes) is 38. The molecular weight excluding hydrogens is 769 g/mol. The normalized spacial score (nSPS) is 12.0. The standard InChI is InChI=1S/C56H106O6/c1-4-7-10-13-15-17-18-19-20-21-22-23-24-25-26-27-28-29-30-31-32-33-34-35-36-37-38-39-41-43-46-49-55(58)61-52-53(51-60-54(57)48-45-42-12-9-6-3)62-56(59)50-47-44-40-16-14-11-8-5-2/h21-22,53H,4-20,23-52H2,1-3H3/b22-21-. The van der Waals surface area contributed by atoms with Gasteiger partial charge in [0.2, 0.25) is 0 Å². The molecule has 62 heavy (non-hydrogen) atoms. The lowest BCUT2D eigenvalue weighted by Gasteiger charge is -2.18. The topological polar surface area (TPSA) is 78.9 Å². The van der Waals surface area contributed by atoms with Crippen molar-refractivity contribution in [3.8, 4) is 0 Å². The third kappa shape index (κ3) is 49.2. The van der Waals surface area contributed by atoms with Crippen LogP contribution in [0.15, 0.2) is 12.2 Å². The number of hydrogen-bond donors (Lipinski definition) is 0. The predicted molar refractivity (Wildman–Crippen MR) is 266 cm³/mol. The highest BCUT2D eigenvalue weighted by Crippen LogP contribution is 2.17. The molecule has 0 aromatic rings. The summed E-state index contributed by atoms with van der Waals surface area (Å²) in [5.74, 6) is -0.871. The van der Waals surface area contributed by atoms with Gasteiger partial charge in [0, 0.05) is 19.3 Å². The molecule has 1 unspecified atom stereocenters. The third-order valence-corrected chi connectivity index (χ3v) is 12.5. The largest absolute Gasteiger partial charge is 0.462 e. The van der Waals surface area contributed by atoms with Crippen molar-refractivity contribution in [1.82, 2.24) is 0 Å². The maximum Gasteiger partial charge on any atom is 0.306 e. The van der Waals surface area contributed by atoms with Gasteiger partial charge in [-0.3, -0.25) is 14.4 Å². The van der Waals surface area contributed by atoms with E-state index in [1.807, 2.05) is 0 Å². The van der Waals surface area contributed by atoms with Gasteiger partial charge in [0.05, 0.1) is 0 Å². The van der Waals surface area contributed by atoms with E-state index in [9.17, 15) is 14.4 Å². The predicted octanol–water partition coefficient (Wildman–Crippen LogP) is 18.2. The molecule has 0 aliphatic carbocycles. The highest BCUT2D eigenvalue weighted by molar-refractivity contribution is 5.71.